The summed E-state index contributed by atoms with van der Waals surface area (Å²) in [6.45, 7) is 11.1. The van der Waals surface area contributed by atoms with Crippen LogP contribution in [-0.4, -0.2) is 15.2 Å². The van der Waals surface area contributed by atoms with Crippen molar-refractivity contribution in [2.24, 2.45) is 5.41 Å². The number of rotatable bonds is 4. The second-order valence-electron chi connectivity index (χ2n) is 9.52. The van der Waals surface area contributed by atoms with E-state index in [9.17, 15) is 19.0 Å². The van der Waals surface area contributed by atoms with E-state index >= 15 is 0 Å². The molecule has 3 rings (SSSR count). The molecule has 2 atom stereocenters. The number of pyridine rings is 1. The van der Waals surface area contributed by atoms with Gasteiger partial charge in [-0.1, -0.05) is 52.0 Å². The number of hydrogen-bond donors (Lipinski definition) is 2. The van der Waals surface area contributed by atoms with Gasteiger partial charge < -0.3 is 10.2 Å². The normalized spacial score (nSPS) is 19.9. The maximum Gasteiger partial charge on any atom is 0.270 e. The molecule has 1 unspecified atom stereocenters. The molecule has 29 heavy (non-hydrogen) atoms. The van der Waals surface area contributed by atoms with Gasteiger partial charge in [-0.05, 0) is 42.2 Å². The topological polar surface area (TPSA) is 53.4 Å². The molecule has 2 N–H and O–H groups in total. The highest BCUT2D eigenvalue weighted by Crippen LogP contribution is 2.44. The van der Waals surface area contributed by atoms with Gasteiger partial charge in [-0.15, -0.1) is 0 Å². The summed E-state index contributed by atoms with van der Waals surface area (Å²) in [5, 5.41) is 22.0. The van der Waals surface area contributed by atoms with Crippen molar-refractivity contribution in [1.82, 2.24) is 4.98 Å². The Kier molecular flexibility index (Phi) is 5.61. The van der Waals surface area contributed by atoms with Crippen molar-refractivity contribution in [3.05, 3.63) is 63.5 Å². The molecule has 5 heteroatoms. The molecule has 0 amide bonds. The lowest BCUT2D eigenvalue weighted by atomic mass is 9.72. The van der Waals surface area contributed by atoms with Crippen LogP contribution in [0.4, 0.5) is 8.78 Å². The van der Waals surface area contributed by atoms with Crippen LogP contribution in [0.2, 0.25) is 0 Å². The number of benzene rings is 1. The maximum atomic E-state index is 13.5. The van der Waals surface area contributed by atoms with Crippen LogP contribution in [-0.2, 0) is 12.3 Å². The van der Waals surface area contributed by atoms with Crippen LogP contribution in [0.15, 0.2) is 24.3 Å². The van der Waals surface area contributed by atoms with Crippen molar-refractivity contribution in [1.29, 1.82) is 0 Å². The molecule has 0 saturated heterocycles. The van der Waals surface area contributed by atoms with Gasteiger partial charge in [0, 0.05) is 35.0 Å². The molecule has 1 aliphatic carbocycles. The van der Waals surface area contributed by atoms with Gasteiger partial charge in [-0.3, -0.25) is 4.98 Å². The van der Waals surface area contributed by atoms with Crippen LogP contribution >= 0.6 is 0 Å². The Morgan fingerprint density at radius 3 is 2.28 bits per heavy atom. The number of nitrogens with zero attached hydrogens (tertiary/aromatic N) is 1. The van der Waals surface area contributed by atoms with Crippen molar-refractivity contribution in [3.8, 4) is 0 Å². The number of alkyl halides is 2. The molecule has 3 nitrogen and oxygen atoms in total. The second-order valence-corrected chi connectivity index (χ2v) is 9.52. The Bertz CT molecular complexity index is 899. The summed E-state index contributed by atoms with van der Waals surface area (Å²) in [4.78, 5) is 4.88. The average molecular weight is 404 g/mol. The van der Waals surface area contributed by atoms with E-state index in [0.717, 1.165) is 35.9 Å². The minimum absolute atomic E-state index is 0.0402. The van der Waals surface area contributed by atoms with E-state index in [1.54, 1.807) is 12.1 Å². The van der Waals surface area contributed by atoms with Crippen molar-refractivity contribution in [3.63, 3.8) is 0 Å². The lowest BCUT2D eigenvalue weighted by Crippen LogP contribution is -2.29. The largest absolute Gasteiger partial charge is 0.388 e. The summed E-state index contributed by atoms with van der Waals surface area (Å²) in [7, 11) is 0. The van der Waals surface area contributed by atoms with E-state index in [2.05, 4.69) is 13.8 Å². The fourth-order valence-corrected chi connectivity index (χ4v) is 4.46. The summed E-state index contributed by atoms with van der Waals surface area (Å²) >= 11 is 0. The van der Waals surface area contributed by atoms with Crippen LogP contribution < -0.4 is 0 Å². The van der Waals surface area contributed by atoms with Crippen molar-refractivity contribution in [2.75, 3.05) is 0 Å². The van der Waals surface area contributed by atoms with Crippen LogP contribution in [0.25, 0.3) is 0 Å². The Balaban J connectivity index is 2.12. The van der Waals surface area contributed by atoms with Crippen molar-refractivity contribution in [2.45, 2.75) is 78.4 Å². The fraction of sp³-hybridized carbons (Fsp3) is 0.542. The van der Waals surface area contributed by atoms with E-state index in [0.29, 0.717) is 17.5 Å². The molecule has 1 aliphatic rings. The molecule has 0 saturated carbocycles. The first kappa shape index (κ1) is 21.8. The number of aromatic nitrogens is 1. The van der Waals surface area contributed by atoms with Gasteiger partial charge in [0.25, 0.3) is 5.92 Å². The maximum absolute atomic E-state index is 13.5. The van der Waals surface area contributed by atoms with Gasteiger partial charge in [0.1, 0.15) is 6.10 Å². The first-order valence-corrected chi connectivity index (χ1v) is 10.2. The van der Waals surface area contributed by atoms with Gasteiger partial charge in [-0.25, -0.2) is 8.78 Å². The molecule has 1 aromatic heterocycles. The minimum Gasteiger partial charge on any atom is -0.388 e. The lowest BCUT2D eigenvalue weighted by molar-refractivity contribution is 0.0174. The zero-order chi connectivity index (χ0) is 21.7. The molecule has 1 heterocycles. The number of hydrogen-bond acceptors (Lipinski definition) is 3. The zero-order valence-corrected chi connectivity index (χ0v) is 18.1. The lowest BCUT2D eigenvalue weighted by Gasteiger charge is -2.36. The minimum atomic E-state index is -2.92. The summed E-state index contributed by atoms with van der Waals surface area (Å²) < 4.78 is 27.1. The smallest absolute Gasteiger partial charge is 0.270 e. The zero-order valence-electron chi connectivity index (χ0n) is 18.1. The highest BCUT2D eigenvalue weighted by atomic mass is 19.3. The number of halogens is 2. The molecule has 158 valence electrons. The monoisotopic (exact) mass is 403 g/mol. The van der Waals surface area contributed by atoms with E-state index in [1.165, 1.54) is 12.1 Å². The molecule has 0 spiro atoms. The summed E-state index contributed by atoms with van der Waals surface area (Å²) in [5.74, 6) is -2.85. The van der Waals surface area contributed by atoms with Crippen LogP contribution in [0.1, 0.15) is 98.4 Å². The molecular formula is C24H31F2NO2. The third-order valence-corrected chi connectivity index (χ3v) is 5.93. The SMILES string of the molecule is Cc1c(C(O)c2ccc(C(C)(F)F)cc2)c(C(C)C)nc2c1[C@@H](O)CC(C)(C)C2. The Labute approximate surface area is 171 Å². The highest BCUT2D eigenvalue weighted by Gasteiger charge is 2.36. The van der Waals surface area contributed by atoms with Crippen LogP contribution in [0, 0.1) is 12.3 Å². The first-order chi connectivity index (χ1) is 13.3. The van der Waals surface area contributed by atoms with E-state index in [1.807, 2.05) is 20.8 Å². The molecule has 0 aliphatic heterocycles. The second kappa shape index (κ2) is 7.44. The Morgan fingerprint density at radius 2 is 1.76 bits per heavy atom. The quantitative estimate of drug-likeness (QED) is 0.687. The van der Waals surface area contributed by atoms with Crippen molar-refractivity contribution < 1.29 is 19.0 Å². The number of aliphatic hydroxyl groups is 2. The van der Waals surface area contributed by atoms with Crippen molar-refractivity contribution >= 4 is 0 Å². The predicted molar refractivity (Wildman–Crippen MR) is 110 cm³/mol. The number of fused-ring (bicyclic) bond motifs is 1. The van der Waals surface area contributed by atoms with Gasteiger partial charge in [0.05, 0.1) is 6.10 Å². The molecule has 1 aromatic carbocycles. The predicted octanol–water partition coefficient (Wildman–Crippen LogP) is 5.71. The van der Waals surface area contributed by atoms with Gasteiger partial charge >= 0.3 is 0 Å². The summed E-state index contributed by atoms with van der Waals surface area (Å²) in [6, 6.07) is 5.79. The molecule has 0 radical (unpaired) electrons. The first-order valence-electron chi connectivity index (χ1n) is 10.2. The highest BCUT2D eigenvalue weighted by molar-refractivity contribution is 5.48. The average Bonchev–Trinajstić information content (AvgIpc) is 2.58. The van der Waals surface area contributed by atoms with Gasteiger partial charge in [-0.2, -0.15) is 0 Å². The molecule has 0 fully saturated rings. The molecular weight excluding hydrogens is 372 g/mol. The van der Waals surface area contributed by atoms with E-state index < -0.39 is 18.1 Å². The van der Waals surface area contributed by atoms with E-state index in [-0.39, 0.29) is 16.9 Å². The standard InChI is InChI=1S/C24H31F2NO2/c1-13(2)21-20(22(29)15-7-9-16(10-8-15)24(6,25)26)14(3)19-17(27-21)11-23(4,5)12-18(19)28/h7-10,13,18,22,28-29H,11-12H2,1-6H3/t18-,22?/m0/s1. The molecule has 0 bridgehead atoms. The Morgan fingerprint density at radius 1 is 1.17 bits per heavy atom. The van der Waals surface area contributed by atoms with Gasteiger partial charge in [0.2, 0.25) is 0 Å². The van der Waals surface area contributed by atoms with Crippen LogP contribution in [0.5, 0.6) is 0 Å². The van der Waals surface area contributed by atoms with Gasteiger partial charge in [0.15, 0.2) is 0 Å². The Hall–Kier alpha value is -1.85. The third kappa shape index (κ3) is 4.22. The summed E-state index contributed by atoms with van der Waals surface area (Å²) in [6.07, 6.45) is -0.211. The molecule has 2 aromatic rings. The fourth-order valence-electron chi connectivity index (χ4n) is 4.46. The third-order valence-electron chi connectivity index (χ3n) is 5.93. The summed E-state index contributed by atoms with van der Waals surface area (Å²) in [5.41, 5.74) is 4.43. The van der Waals surface area contributed by atoms with Crippen LogP contribution in [0.3, 0.4) is 0 Å². The van der Waals surface area contributed by atoms with E-state index in [4.69, 9.17) is 4.98 Å². The number of aliphatic hydroxyl groups excluding tert-OH is 2.